The van der Waals surface area contributed by atoms with Crippen LogP contribution in [0.2, 0.25) is 0 Å². The van der Waals surface area contributed by atoms with E-state index in [4.69, 9.17) is 14.3 Å². The monoisotopic (exact) mass is 286 g/mol. The number of hydrogen-bond donors (Lipinski definition) is 0. The van der Waals surface area contributed by atoms with Crippen LogP contribution in [0.15, 0.2) is 10.6 Å². The molecular formula is C16H18N2O3. The third-order valence-electron chi connectivity index (χ3n) is 4.47. The van der Waals surface area contributed by atoms with Crippen LogP contribution in [0, 0.1) is 6.92 Å². The van der Waals surface area contributed by atoms with Crippen molar-refractivity contribution in [2.75, 3.05) is 6.61 Å². The molecule has 0 amide bonds. The minimum Gasteiger partial charge on any atom is -0.457 e. The Morgan fingerprint density at radius 1 is 1.48 bits per heavy atom. The molecule has 1 atom stereocenters. The maximum Gasteiger partial charge on any atom is 0.185 e. The van der Waals surface area contributed by atoms with Gasteiger partial charge in [-0.1, -0.05) is 0 Å². The Labute approximate surface area is 122 Å². The van der Waals surface area contributed by atoms with Crippen molar-refractivity contribution < 1.29 is 13.9 Å². The number of aromatic nitrogens is 2. The van der Waals surface area contributed by atoms with Gasteiger partial charge in [0.05, 0.1) is 18.3 Å². The van der Waals surface area contributed by atoms with Crippen molar-refractivity contribution in [3.05, 3.63) is 28.8 Å². The lowest BCUT2D eigenvalue weighted by Crippen LogP contribution is -2.15. The van der Waals surface area contributed by atoms with Gasteiger partial charge in [0.1, 0.15) is 5.76 Å². The zero-order valence-electron chi connectivity index (χ0n) is 12.1. The van der Waals surface area contributed by atoms with E-state index in [9.17, 15) is 4.79 Å². The van der Waals surface area contributed by atoms with Gasteiger partial charge >= 0.3 is 0 Å². The number of carbonyl (C=O) groups excluding carboxylic acids is 1. The molecule has 0 bridgehead atoms. The molecule has 2 aliphatic rings. The molecular weight excluding hydrogens is 268 g/mol. The van der Waals surface area contributed by atoms with Gasteiger partial charge in [0, 0.05) is 30.4 Å². The molecule has 2 aromatic heterocycles. The summed E-state index contributed by atoms with van der Waals surface area (Å²) in [6, 6.07) is 0. The predicted molar refractivity (Wildman–Crippen MR) is 76.4 cm³/mol. The Morgan fingerprint density at radius 3 is 3.14 bits per heavy atom. The summed E-state index contributed by atoms with van der Waals surface area (Å²) in [7, 11) is 0. The van der Waals surface area contributed by atoms with E-state index < -0.39 is 0 Å². The van der Waals surface area contributed by atoms with Crippen LogP contribution in [0.1, 0.15) is 40.3 Å². The average molecular weight is 286 g/mol. The number of rotatable bonds is 3. The average Bonchev–Trinajstić information content (AvgIpc) is 3.17. The quantitative estimate of drug-likeness (QED) is 0.814. The molecule has 110 valence electrons. The first-order chi connectivity index (χ1) is 10.3. The van der Waals surface area contributed by atoms with Crippen molar-refractivity contribution in [3.8, 4) is 11.3 Å². The van der Waals surface area contributed by atoms with Gasteiger partial charge in [-0.05, 0) is 31.7 Å². The van der Waals surface area contributed by atoms with Gasteiger partial charge in [-0.2, -0.15) is 5.10 Å². The van der Waals surface area contributed by atoms with E-state index in [-0.39, 0.29) is 6.10 Å². The predicted octanol–water partition coefficient (Wildman–Crippen LogP) is 2.54. The highest BCUT2D eigenvalue weighted by Crippen LogP contribution is 2.37. The number of furan rings is 1. The highest BCUT2D eigenvalue weighted by Gasteiger charge is 2.27. The molecule has 0 saturated carbocycles. The number of ether oxygens (including phenoxy) is 1. The second-order valence-electron chi connectivity index (χ2n) is 5.87. The van der Waals surface area contributed by atoms with Crippen molar-refractivity contribution in [2.24, 2.45) is 0 Å². The summed E-state index contributed by atoms with van der Waals surface area (Å²) in [5.74, 6) is 1.32. The van der Waals surface area contributed by atoms with E-state index >= 15 is 0 Å². The summed E-state index contributed by atoms with van der Waals surface area (Å²) in [5.41, 5.74) is 4.14. The van der Waals surface area contributed by atoms with Gasteiger partial charge in [0.25, 0.3) is 0 Å². The molecule has 0 radical (unpaired) electrons. The first-order valence-corrected chi connectivity index (χ1v) is 7.52. The van der Waals surface area contributed by atoms with E-state index in [1.807, 2.05) is 11.6 Å². The topological polar surface area (TPSA) is 57.3 Å². The normalized spacial score (nSPS) is 20.3. The fraction of sp³-hybridized carbons (Fsp3) is 0.500. The van der Waals surface area contributed by atoms with Gasteiger partial charge in [-0.25, -0.2) is 0 Å². The molecule has 5 nitrogen and oxygen atoms in total. The van der Waals surface area contributed by atoms with E-state index in [0.29, 0.717) is 5.76 Å². The van der Waals surface area contributed by atoms with E-state index in [1.54, 1.807) is 0 Å². The minimum atomic E-state index is 0.279. The summed E-state index contributed by atoms with van der Waals surface area (Å²) in [6.45, 7) is 3.60. The van der Waals surface area contributed by atoms with Crippen LogP contribution in [0.3, 0.4) is 0 Å². The van der Waals surface area contributed by atoms with Crippen LogP contribution in [-0.2, 0) is 24.1 Å². The van der Waals surface area contributed by atoms with Crippen molar-refractivity contribution in [3.63, 3.8) is 0 Å². The van der Waals surface area contributed by atoms with Gasteiger partial charge in [-0.3, -0.25) is 9.48 Å². The molecule has 21 heavy (non-hydrogen) atoms. The standard InChI is InChI=1S/C16H18N2O3/c1-10-14(9-19)21-13-5-4-11-7-18(17-16(11)15(10)13)8-12-3-2-6-20-12/h7,9,12H,2-6,8H2,1H3. The third-order valence-corrected chi connectivity index (χ3v) is 4.47. The minimum absolute atomic E-state index is 0.279. The molecule has 2 aromatic rings. The molecule has 1 aliphatic heterocycles. The molecule has 0 aromatic carbocycles. The highest BCUT2D eigenvalue weighted by molar-refractivity contribution is 5.81. The molecule has 0 spiro atoms. The largest absolute Gasteiger partial charge is 0.457 e. The summed E-state index contributed by atoms with van der Waals surface area (Å²) in [5, 5.41) is 4.72. The number of aryl methyl sites for hydroxylation is 2. The highest BCUT2D eigenvalue weighted by atomic mass is 16.5. The lowest BCUT2D eigenvalue weighted by molar-refractivity contribution is 0.0940. The Kier molecular flexibility index (Phi) is 2.96. The van der Waals surface area contributed by atoms with Gasteiger partial charge in [-0.15, -0.1) is 0 Å². The third kappa shape index (κ3) is 2.03. The van der Waals surface area contributed by atoms with E-state index in [2.05, 4.69) is 6.20 Å². The zero-order valence-corrected chi connectivity index (χ0v) is 12.1. The Bertz CT molecular complexity index is 693. The van der Waals surface area contributed by atoms with Crippen molar-refractivity contribution in [2.45, 2.75) is 45.3 Å². The van der Waals surface area contributed by atoms with Crippen LogP contribution in [0.25, 0.3) is 11.3 Å². The molecule has 4 rings (SSSR count). The molecule has 1 saturated heterocycles. The summed E-state index contributed by atoms with van der Waals surface area (Å²) >= 11 is 0. The Balaban J connectivity index is 1.71. The molecule has 1 fully saturated rings. The van der Waals surface area contributed by atoms with Gasteiger partial charge in [0.15, 0.2) is 12.0 Å². The van der Waals surface area contributed by atoms with Crippen LogP contribution >= 0.6 is 0 Å². The smallest absolute Gasteiger partial charge is 0.185 e. The Hall–Kier alpha value is -1.88. The number of carbonyl (C=O) groups is 1. The molecule has 0 N–H and O–H groups in total. The summed E-state index contributed by atoms with van der Waals surface area (Å²) < 4.78 is 13.3. The van der Waals surface area contributed by atoms with Crippen LogP contribution < -0.4 is 0 Å². The van der Waals surface area contributed by atoms with Crippen LogP contribution in [-0.4, -0.2) is 28.8 Å². The molecule has 3 heterocycles. The van der Waals surface area contributed by atoms with Crippen molar-refractivity contribution >= 4 is 6.29 Å². The fourth-order valence-electron chi connectivity index (χ4n) is 3.39. The van der Waals surface area contributed by atoms with Gasteiger partial charge in [0.2, 0.25) is 0 Å². The lowest BCUT2D eigenvalue weighted by Gasteiger charge is -2.09. The molecule has 1 unspecified atom stereocenters. The number of hydrogen-bond acceptors (Lipinski definition) is 4. The second kappa shape index (κ2) is 4.84. The Morgan fingerprint density at radius 2 is 2.38 bits per heavy atom. The second-order valence-corrected chi connectivity index (χ2v) is 5.87. The summed E-state index contributed by atoms with van der Waals surface area (Å²) in [4.78, 5) is 11.1. The maximum atomic E-state index is 11.1. The number of aldehydes is 1. The molecule has 1 aliphatic carbocycles. The van der Waals surface area contributed by atoms with Crippen LogP contribution in [0.5, 0.6) is 0 Å². The summed E-state index contributed by atoms with van der Waals surface area (Å²) in [6.07, 6.45) is 7.18. The first-order valence-electron chi connectivity index (χ1n) is 7.52. The van der Waals surface area contributed by atoms with E-state index in [0.717, 1.165) is 67.7 Å². The van der Waals surface area contributed by atoms with Gasteiger partial charge < -0.3 is 9.15 Å². The maximum absolute atomic E-state index is 11.1. The van der Waals surface area contributed by atoms with E-state index in [1.165, 1.54) is 5.56 Å². The van der Waals surface area contributed by atoms with Crippen LogP contribution in [0.4, 0.5) is 0 Å². The zero-order chi connectivity index (χ0) is 14.4. The number of fused-ring (bicyclic) bond motifs is 3. The number of nitrogens with zero attached hydrogens (tertiary/aromatic N) is 2. The SMILES string of the molecule is Cc1c(C=O)oc2c1-c1nn(CC3CCCO3)cc1CC2. The fourth-order valence-corrected chi connectivity index (χ4v) is 3.39. The van der Waals surface area contributed by atoms with Crippen molar-refractivity contribution in [1.82, 2.24) is 9.78 Å². The molecule has 5 heteroatoms. The first kappa shape index (κ1) is 12.8. The van der Waals surface area contributed by atoms with Crippen molar-refractivity contribution in [1.29, 1.82) is 0 Å². The lowest BCUT2D eigenvalue weighted by atomic mass is 9.94.